The number of ketones is 1. The summed E-state index contributed by atoms with van der Waals surface area (Å²) in [5.41, 5.74) is 0.0656. The number of hydrogen-bond acceptors (Lipinski definition) is 4. The summed E-state index contributed by atoms with van der Waals surface area (Å²) in [5, 5.41) is 19.9. The van der Waals surface area contributed by atoms with Crippen LogP contribution >= 0.6 is 0 Å². The predicted octanol–water partition coefficient (Wildman–Crippen LogP) is 2.67. The number of aliphatic carboxylic acids is 1. The van der Waals surface area contributed by atoms with Gasteiger partial charge in [0.1, 0.15) is 0 Å². The molecule has 1 aliphatic rings. The average Bonchev–Trinajstić information content (AvgIpc) is 2.46. The van der Waals surface area contributed by atoms with Gasteiger partial charge in [0.2, 0.25) is 0 Å². The van der Waals surface area contributed by atoms with Crippen molar-refractivity contribution in [3.63, 3.8) is 0 Å². The third-order valence-corrected chi connectivity index (χ3v) is 3.76. The molecule has 0 unspecified atom stereocenters. The van der Waals surface area contributed by atoms with Crippen LogP contribution in [0.1, 0.15) is 36.0 Å². The SMILES string of the molecule is O=C(O)[C@H]1CCCC[C@@H]1C(=O)c1cccc([N+](=O)[O-])c1. The van der Waals surface area contributed by atoms with Gasteiger partial charge in [-0.2, -0.15) is 0 Å². The van der Waals surface area contributed by atoms with Gasteiger partial charge in [-0.15, -0.1) is 0 Å². The molecular weight excluding hydrogens is 262 g/mol. The number of Topliss-reactive ketones (excluding diaryl/α,β-unsaturated/α-hetero) is 1. The number of hydrogen-bond donors (Lipinski definition) is 1. The van der Waals surface area contributed by atoms with Crippen molar-refractivity contribution in [1.82, 2.24) is 0 Å². The molecule has 1 aliphatic carbocycles. The van der Waals surface area contributed by atoms with E-state index in [9.17, 15) is 24.8 Å². The third kappa shape index (κ3) is 2.84. The number of non-ortho nitro benzene ring substituents is 1. The van der Waals surface area contributed by atoms with Gasteiger partial charge in [0.25, 0.3) is 5.69 Å². The molecule has 6 nitrogen and oxygen atoms in total. The Morgan fingerprint density at radius 3 is 2.45 bits per heavy atom. The zero-order chi connectivity index (χ0) is 14.7. The molecule has 2 rings (SSSR count). The quantitative estimate of drug-likeness (QED) is 0.518. The van der Waals surface area contributed by atoms with Crippen LogP contribution in [-0.2, 0) is 4.79 Å². The number of carbonyl (C=O) groups excluding carboxylic acids is 1. The fourth-order valence-electron chi connectivity index (χ4n) is 2.73. The highest BCUT2D eigenvalue weighted by molar-refractivity contribution is 6.00. The van der Waals surface area contributed by atoms with E-state index in [2.05, 4.69) is 0 Å². The van der Waals surface area contributed by atoms with E-state index in [0.717, 1.165) is 12.8 Å². The highest BCUT2D eigenvalue weighted by Crippen LogP contribution is 2.33. The number of benzene rings is 1. The van der Waals surface area contributed by atoms with E-state index in [4.69, 9.17) is 0 Å². The first-order chi connectivity index (χ1) is 9.50. The largest absolute Gasteiger partial charge is 0.481 e. The second-order valence-electron chi connectivity index (χ2n) is 5.01. The number of nitro benzene ring substituents is 1. The Hall–Kier alpha value is -2.24. The molecule has 1 N–H and O–H groups in total. The van der Waals surface area contributed by atoms with Crippen LogP contribution in [0.5, 0.6) is 0 Å². The van der Waals surface area contributed by atoms with E-state index in [1.54, 1.807) is 0 Å². The molecule has 0 spiro atoms. The van der Waals surface area contributed by atoms with Gasteiger partial charge in [0, 0.05) is 23.6 Å². The van der Waals surface area contributed by atoms with E-state index in [1.165, 1.54) is 24.3 Å². The van der Waals surface area contributed by atoms with Gasteiger partial charge >= 0.3 is 5.97 Å². The van der Waals surface area contributed by atoms with Crippen LogP contribution < -0.4 is 0 Å². The molecule has 0 amide bonds. The lowest BCUT2D eigenvalue weighted by atomic mass is 9.75. The van der Waals surface area contributed by atoms with Crippen molar-refractivity contribution in [2.45, 2.75) is 25.7 Å². The number of nitrogens with zero attached hydrogens (tertiary/aromatic N) is 1. The van der Waals surface area contributed by atoms with Crippen LogP contribution in [0, 0.1) is 22.0 Å². The molecule has 1 saturated carbocycles. The molecule has 0 bridgehead atoms. The number of carboxylic acids is 1. The highest BCUT2D eigenvalue weighted by Gasteiger charge is 2.36. The lowest BCUT2D eigenvalue weighted by Crippen LogP contribution is -2.32. The molecule has 2 atom stereocenters. The number of carbonyl (C=O) groups is 2. The van der Waals surface area contributed by atoms with Gasteiger partial charge in [-0.1, -0.05) is 25.0 Å². The maximum Gasteiger partial charge on any atom is 0.307 e. The molecule has 0 aliphatic heterocycles. The summed E-state index contributed by atoms with van der Waals surface area (Å²) in [6.45, 7) is 0. The summed E-state index contributed by atoms with van der Waals surface area (Å²) in [4.78, 5) is 33.8. The van der Waals surface area contributed by atoms with Crippen LogP contribution in [0.2, 0.25) is 0 Å². The monoisotopic (exact) mass is 277 g/mol. The van der Waals surface area contributed by atoms with E-state index >= 15 is 0 Å². The van der Waals surface area contributed by atoms with E-state index in [-0.39, 0.29) is 17.0 Å². The molecule has 0 saturated heterocycles. The second-order valence-corrected chi connectivity index (χ2v) is 5.01. The van der Waals surface area contributed by atoms with Crippen LogP contribution in [0.15, 0.2) is 24.3 Å². The topological polar surface area (TPSA) is 97.5 Å². The fraction of sp³-hybridized carbons (Fsp3) is 0.429. The summed E-state index contributed by atoms with van der Waals surface area (Å²) >= 11 is 0. The summed E-state index contributed by atoms with van der Waals surface area (Å²) in [7, 11) is 0. The Labute approximate surface area is 115 Å². The second kappa shape index (κ2) is 5.81. The van der Waals surface area contributed by atoms with Crippen LogP contribution in [-0.4, -0.2) is 21.8 Å². The van der Waals surface area contributed by atoms with E-state index < -0.39 is 22.7 Å². The normalized spacial score (nSPS) is 22.2. The number of nitro groups is 1. The first-order valence-corrected chi connectivity index (χ1v) is 6.52. The lowest BCUT2D eigenvalue weighted by Gasteiger charge is -2.27. The van der Waals surface area contributed by atoms with Crippen molar-refractivity contribution < 1.29 is 19.6 Å². The Morgan fingerprint density at radius 2 is 1.85 bits per heavy atom. The number of rotatable bonds is 4. The predicted molar refractivity (Wildman–Crippen MR) is 70.5 cm³/mol. The van der Waals surface area contributed by atoms with Gasteiger partial charge in [0.15, 0.2) is 5.78 Å². The molecule has 0 aromatic heterocycles. The first kappa shape index (κ1) is 14.2. The summed E-state index contributed by atoms with van der Waals surface area (Å²) < 4.78 is 0. The Balaban J connectivity index is 2.27. The maximum atomic E-state index is 12.4. The summed E-state index contributed by atoms with van der Waals surface area (Å²) in [6, 6.07) is 5.48. The lowest BCUT2D eigenvalue weighted by molar-refractivity contribution is -0.384. The van der Waals surface area contributed by atoms with Crippen molar-refractivity contribution in [3.8, 4) is 0 Å². The van der Waals surface area contributed by atoms with E-state index in [1.807, 2.05) is 0 Å². The summed E-state index contributed by atoms with van der Waals surface area (Å²) in [6.07, 6.45) is 2.63. The van der Waals surface area contributed by atoms with Crippen molar-refractivity contribution in [1.29, 1.82) is 0 Å². The minimum absolute atomic E-state index is 0.154. The molecule has 106 valence electrons. The fourth-order valence-corrected chi connectivity index (χ4v) is 2.73. The Morgan fingerprint density at radius 1 is 1.20 bits per heavy atom. The minimum atomic E-state index is -0.964. The van der Waals surface area contributed by atoms with Crippen molar-refractivity contribution in [2.75, 3.05) is 0 Å². The third-order valence-electron chi connectivity index (χ3n) is 3.76. The summed E-state index contributed by atoms with van der Waals surface area (Å²) in [5.74, 6) is -2.53. The van der Waals surface area contributed by atoms with Crippen LogP contribution in [0.25, 0.3) is 0 Å². The molecule has 1 aromatic rings. The van der Waals surface area contributed by atoms with Gasteiger partial charge in [0.05, 0.1) is 10.8 Å². The Bertz CT molecular complexity index is 554. The van der Waals surface area contributed by atoms with Crippen LogP contribution in [0.4, 0.5) is 5.69 Å². The van der Waals surface area contributed by atoms with E-state index in [0.29, 0.717) is 12.8 Å². The Kier molecular flexibility index (Phi) is 4.12. The maximum absolute atomic E-state index is 12.4. The smallest absolute Gasteiger partial charge is 0.307 e. The molecule has 0 heterocycles. The molecule has 0 radical (unpaired) electrons. The molecule has 1 fully saturated rings. The first-order valence-electron chi connectivity index (χ1n) is 6.52. The van der Waals surface area contributed by atoms with Crippen molar-refractivity contribution in [2.24, 2.45) is 11.8 Å². The standard InChI is InChI=1S/C14H15NO5/c16-13(9-4-3-5-10(8-9)15(19)20)11-6-1-2-7-12(11)14(17)18/h3-5,8,11-12H,1-2,6-7H2,(H,17,18)/t11-,12-/m0/s1. The molecule has 6 heteroatoms. The van der Waals surface area contributed by atoms with Gasteiger partial charge in [-0.25, -0.2) is 0 Å². The van der Waals surface area contributed by atoms with Gasteiger partial charge in [-0.05, 0) is 12.8 Å². The molecule has 20 heavy (non-hydrogen) atoms. The van der Waals surface area contributed by atoms with Crippen LogP contribution in [0.3, 0.4) is 0 Å². The van der Waals surface area contributed by atoms with Gasteiger partial charge in [-0.3, -0.25) is 19.7 Å². The zero-order valence-corrected chi connectivity index (χ0v) is 10.8. The number of carboxylic acid groups (broad SMARTS) is 1. The highest BCUT2D eigenvalue weighted by atomic mass is 16.6. The zero-order valence-electron chi connectivity index (χ0n) is 10.8. The van der Waals surface area contributed by atoms with Crippen molar-refractivity contribution >= 4 is 17.4 Å². The minimum Gasteiger partial charge on any atom is -0.481 e. The van der Waals surface area contributed by atoms with Crippen molar-refractivity contribution in [3.05, 3.63) is 39.9 Å². The average molecular weight is 277 g/mol. The van der Waals surface area contributed by atoms with Gasteiger partial charge < -0.3 is 5.11 Å². The molecule has 1 aromatic carbocycles. The molecular formula is C14H15NO5.